The minimum absolute atomic E-state index is 0.399. The third-order valence-corrected chi connectivity index (χ3v) is 7.37. The van der Waals surface area contributed by atoms with Gasteiger partial charge in [0, 0.05) is 64.0 Å². The van der Waals surface area contributed by atoms with Gasteiger partial charge in [0.15, 0.2) is 16.3 Å². The Labute approximate surface area is 213 Å². The van der Waals surface area contributed by atoms with Gasteiger partial charge in [-0.2, -0.15) is 4.98 Å². The van der Waals surface area contributed by atoms with E-state index in [1.54, 1.807) is 25.0 Å². The van der Waals surface area contributed by atoms with Crippen LogP contribution in [0.5, 0.6) is 0 Å². The van der Waals surface area contributed by atoms with Crippen LogP contribution in [0.2, 0.25) is 0 Å². The molecule has 36 heavy (non-hydrogen) atoms. The van der Waals surface area contributed by atoms with Crippen molar-refractivity contribution in [1.29, 1.82) is 0 Å². The van der Waals surface area contributed by atoms with Crippen molar-refractivity contribution in [2.75, 3.05) is 36.8 Å². The number of rotatable bonds is 8. The fourth-order valence-electron chi connectivity index (χ4n) is 4.51. The fourth-order valence-corrected chi connectivity index (χ4v) is 5.31. The van der Waals surface area contributed by atoms with E-state index in [1.165, 1.54) is 10.1 Å². The standard InChI is InChI=1S/C25H30N8O2S/c1-18-9-10-26-23(27-18)36-16-6-11-33-20-21(30(2)25(35)29-22(20)34)28-24(33)32-14-12-31(13-15-32)17-19-7-4-3-5-8-19/h3-5,7-10H,6,11-17H2,1-2H3,(H,29,34,35). The zero-order valence-corrected chi connectivity index (χ0v) is 21.4. The van der Waals surface area contributed by atoms with E-state index in [0.717, 1.165) is 61.7 Å². The van der Waals surface area contributed by atoms with Gasteiger partial charge < -0.3 is 9.47 Å². The maximum atomic E-state index is 12.8. The highest BCUT2D eigenvalue weighted by atomic mass is 32.2. The molecule has 1 saturated heterocycles. The van der Waals surface area contributed by atoms with Crippen LogP contribution in [0.1, 0.15) is 17.7 Å². The van der Waals surface area contributed by atoms with Gasteiger partial charge in [0.05, 0.1) is 0 Å². The highest BCUT2D eigenvalue weighted by Gasteiger charge is 2.25. The number of benzene rings is 1. The van der Waals surface area contributed by atoms with E-state index >= 15 is 0 Å². The number of anilines is 1. The summed E-state index contributed by atoms with van der Waals surface area (Å²) < 4.78 is 3.38. The Bertz CT molecular complexity index is 1450. The largest absolute Gasteiger partial charge is 0.340 e. The molecule has 4 heterocycles. The molecule has 188 valence electrons. The lowest BCUT2D eigenvalue weighted by molar-refractivity contribution is 0.248. The molecule has 1 N–H and O–H groups in total. The van der Waals surface area contributed by atoms with Gasteiger partial charge in [-0.05, 0) is 25.0 Å². The normalized spacial score (nSPS) is 14.6. The number of aryl methyl sites for hydroxylation is 3. The molecule has 0 unspecified atom stereocenters. The summed E-state index contributed by atoms with van der Waals surface area (Å²) in [5.41, 5.74) is 2.24. The van der Waals surface area contributed by atoms with Crippen LogP contribution in [0.15, 0.2) is 57.3 Å². The first-order chi connectivity index (χ1) is 17.5. The molecule has 0 spiro atoms. The lowest BCUT2D eigenvalue weighted by Crippen LogP contribution is -2.46. The Morgan fingerprint density at radius 2 is 1.81 bits per heavy atom. The molecule has 1 aliphatic rings. The average molecular weight is 507 g/mol. The third kappa shape index (κ3) is 5.21. The SMILES string of the molecule is Cc1ccnc(SCCCn2c(N3CCN(Cc4ccccc4)CC3)nc3c2c(=O)[nH]c(=O)n3C)n1. The van der Waals surface area contributed by atoms with Gasteiger partial charge in [-0.3, -0.25) is 19.2 Å². The Hall–Kier alpha value is -3.44. The number of imidazole rings is 1. The molecule has 0 atom stereocenters. The number of H-pyrrole nitrogens is 1. The Balaban J connectivity index is 1.34. The highest BCUT2D eigenvalue weighted by molar-refractivity contribution is 7.99. The Morgan fingerprint density at radius 3 is 2.56 bits per heavy atom. The van der Waals surface area contributed by atoms with Crippen molar-refractivity contribution in [3.05, 3.63) is 74.7 Å². The highest BCUT2D eigenvalue weighted by Crippen LogP contribution is 2.23. The van der Waals surface area contributed by atoms with E-state index in [4.69, 9.17) is 4.98 Å². The predicted molar refractivity (Wildman–Crippen MR) is 142 cm³/mol. The predicted octanol–water partition coefficient (Wildman–Crippen LogP) is 2.03. The number of nitrogens with zero attached hydrogens (tertiary/aromatic N) is 7. The molecule has 11 heteroatoms. The molecule has 10 nitrogen and oxygen atoms in total. The summed E-state index contributed by atoms with van der Waals surface area (Å²) >= 11 is 1.60. The number of piperazine rings is 1. The monoisotopic (exact) mass is 506 g/mol. The van der Waals surface area contributed by atoms with Crippen LogP contribution in [0.3, 0.4) is 0 Å². The van der Waals surface area contributed by atoms with Crippen LogP contribution >= 0.6 is 11.8 Å². The van der Waals surface area contributed by atoms with Crippen LogP contribution in [-0.4, -0.2) is 65.9 Å². The number of aromatic amines is 1. The van der Waals surface area contributed by atoms with Crippen LogP contribution in [0, 0.1) is 6.92 Å². The van der Waals surface area contributed by atoms with Gasteiger partial charge in [0.25, 0.3) is 5.56 Å². The number of nitrogens with one attached hydrogen (secondary N) is 1. The van der Waals surface area contributed by atoms with E-state index in [0.29, 0.717) is 17.7 Å². The van der Waals surface area contributed by atoms with Crippen LogP contribution in [-0.2, 0) is 20.1 Å². The second kappa shape index (κ2) is 10.7. The smallest absolute Gasteiger partial charge is 0.329 e. The molecule has 3 aromatic heterocycles. The maximum absolute atomic E-state index is 12.8. The van der Waals surface area contributed by atoms with E-state index in [2.05, 4.69) is 49.0 Å². The van der Waals surface area contributed by atoms with Crippen molar-refractivity contribution in [2.24, 2.45) is 7.05 Å². The molecule has 1 aromatic carbocycles. The molecule has 0 aliphatic carbocycles. The zero-order chi connectivity index (χ0) is 25.1. The quantitative estimate of drug-likeness (QED) is 0.220. The average Bonchev–Trinajstić information content (AvgIpc) is 3.27. The molecule has 4 aromatic rings. The van der Waals surface area contributed by atoms with Crippen molar-refractivity contribution in [3.8, 4) is 0 Å². The summed E-state index contributed by atoms with van der Waals surface area (Å²) in [6, 6.07) is 12.4. The zero-order valence-electron chi connectivity index (χ0n) is 20.6. The first kappa shape index (κ1) is 24.3. The van der Waals surface area contributed by atoms with Gasteiger partial charge in [-0.15, -0.1) is 0 Å². The van der Waals surface area contributed by atoms with Crippen LogP contribution in [0.4, 0.5) is 5.95 Å². The summed E-state index contributed by atoms with van der Waals surface area (Å²) in [6.45, 7) is 6.86. The van der Waals surface area contributed by atoms with Gasteiger partial charge in [0.1, 0.15) is 0 Å². The number of hydrogen-bond acceptors (Lipinski definition) is 8. The number of fused-ring (bicyclic) bond motifs is 1. The van der Waals surface area contributed by atoms with Crippen molar-refractivity contribution < 1.29 is 0 Å². The molecule has 0 radical (unpaired) electrons. The van der Waals surface area contributed by atoms with Crippen molar-refractivity contribution >= 4 is 28.9 Å². The van der Waals surface area contributed by atoms with Crippen LogP contribution < -0.4 is 16.1 Å². The van der Waals surface area contributed by atoms with Crippen molar-refractivity contribution in [3.63, 3.8) is 0 Å². The summed E-state index contributed by atoms with van der Waals surface area (Å²) in [4.78, 5) is 45.7. The first-order valence-corrected chi connectivity index (χ1v) is 13.1. The number of hydrogen-bond donors (Lipinski definition) is 1. The molecule has 1 fully saturated rings. The minimum Gasteiger partial charge on any atom is -0.340 e. The second-order valence-electron chi connectivity index (χ2n) is 8.99. The van der Waals surface area contributed by atoms with Crippen LogP contribution in [0.25, 0.3) is 11.2 Å². The third-order valence-electron chi connectivity index (χ3n) is 6.42. The van der Waals surface area contributed by atoms with Gasteiger partial charge in [-0.1, -0.05) is 42.1 Å². The molecular weight excluding hydrogens is 476 g/mol. The fraction of sp³-hybridized carbons (Fsp3) is 0.400. The van der Waals surface area contributed by atoms with Gasteiger partial charge >= 0.3 is 5.69 Å². The van der Waals surface area contributed by atoms with Crippen molar-refractivity contribution in [1.82, 2.24) is 34.0 Å². The Morgan fingerprint density at radius 1 is 1.03 bits per heavy atom. The van der Waals surface area contributed by atoms with Gasteiger partial charge in [0.2, 0.25) is 5.95 Å². The molecule has 0 saturated carbocycles. The number of aromatic nitrogens is 6. The van der Waals surface area contributed by atoms with Gasteiger partial charge in [-0.25, -0.2) is 14.8 Å². The molecule has 0 bridgehead atoms. The first-order valence-electron chi connectivity index (χ1n) is 12.1. The topological polar surface area (TPSA) is 105 Å². The maximum Gasteiger partial charge on any atom is 0.329 e. The lowest BCUT2D eigenvalue weighted by atomic mass is 10.2. The van der Waals surface area contributed by atoms with E-state index in [1.807, 2.05) is 23.6 Å². The summed E-state index contributed by atoms with van der Waals surface area (Å²) in [7, 11) is 1.64. The molecule has 5 rings (SSSR count). The number of thioether (sulfide) groups is 1. The summed E-state index contributed by atoms with van der Waals surface area (Å²) in [5.74, 6) is 1.55. The minimum atomic E-state index is -0.455. The molecular formula is C25H30N8O2S. The Kier molecular flexibility index (Phi) is 7.19. The van der Waals surface area contributed by atoms with E-state index in [9.17, 15) is 9.59 Å². The van der Waals surface area contributed by atoms with E-state index < -0.39 is 11.2 Å². The lowest BCUT2D eigenvalue weighted by Gasteiger charge is -2.35. The summed E-state index contributed by atoms with van der Waals surface area (Å²) in [6.07, 6.45) is 2.57. The van der Waals surface area contributed by atoms with Crippen molar-refractivity contribution in [2.45, 2.75) is 31.6 Å². The summed E-state index contributed by atoms with van der Waals surface area (Å²) in [5, 5.41) is 0.750. The second-order valence-corrected chi connectivity index (χ2v) is 10.0. The molecule has 1 aliphatic heterocycles. The molecule has 0 amide bonds. The van der Waals surface area contributed by atoms with E-state index in [-0.39, 0.29) is 0 Å².